The van der Waals surface area contributed by atoms with Crippen molar-refractivity contribution in [3.05, 3.63) is 54.9 Å². The van der Waals surface area contributed by atoms with Gasteiger partial charge in [-0.2, -0.15) is 0 Å². The Morgan fingerprint density at radius 2 is 1.79 bits per heavy atom. The Labute approximate surface area is 168 Å². The molecule has 0 unspecified atom stereocenters. The smallest absolute Gasteiger partial charge is 0.225 e. The molecule has 146 valence electrons. The second kappa shape index (κ2) is 7.59. The number of aromatic amines is 1. The normalized spacial score (nSPS) is 10.7. The molecule has 0 radical (unpaired) electrons. The maximum atomic E-state index is 5.89. The number of anilines is 2. The average molecular weight is 387 g/mol. The first-order valence-corrected chi connectivity index (χ1v) is 9.03. The van der Waals surface area contributed by atoms with Crippen LogP contribution in [0.3, 0.4) is 0 Å². The number of nitrogens with one attached hydrogen (secondary N) is 1. The van der Waals surface area contributed by atoms with E-state index in [0.29, 0.717) is 23.2 Å². The summed E-state index contributed by atoms with van der Waals surface area (Å²) in [5.41, 5.74) is 9.83. The van der Waals surface area contributed by atoms with E-state index in [1.54, 1.807) is 19.5 Å². The fourth-order valence-corrected chi connectivity index (χ4v) is 2.95. The molecule has 0 aliphatic rings. The molecule has 8 heteroatoms. The van der Waals surface area contributed by atoms with Crippen LogP contribution >= 0.6 is 0 Å². The van der Waals surface area contributed by atoms with Crippen LogP contribution in [0.15, 0.2) is 54.9 Å². The molecule has 0 atom stereocenters. The lowest BCUT2D eigenvalue weighted by atomic mass is 10.1. The number of rotatable bonds is 5. The summed E-state index contributed by atoms with van der Waals surface area (Å²) in [6.07, 6.45) is 3.41. The van der Waals surface area contributed by atoms with E-state index in [2.05, 4.69) is 19.9 Å². The Hall–Kier alpha value is -3.94. The molecule has 3 heterocycles. The van der Waals surface area contributed by atoms with Crippen molar-refractivity contribution in [2.45, 2.75) is 0 Å². The zero-order chi connectivity index (χ0) is 20.4. The molecule has 1 aromatic carbocycles. The van der Waals surface area contributed by atoms with Gasteiger partial charge >= 0.3 is 0 Å². The SMILES string of the molecule is COc1cc(-c2nc(-c3ccccc3)[nH]c2-c2ccnc(N(C)C)n2)cnc1N. The van der Waals surface area contributed by atoms with E-state index in [4.69, 9.17) is 15.5 Å². The van der Waals surface area contributed by atoms with E-state index in [1.807, 2.05) is 61.5 Å². The molecule has 8 nitrogen and oxygen atoms in total. The zero-order valence-corrected chi connectivity index (χ0v) is 16.4. The predicted octanol–water partition coefficient (Wildman–Crippen LogP) is 3.25. The molecular formula is C21H21N7O. The molecule has 0 aliphatic carbocycles. The van der Waals surface area contributed by atoms with Crippen LogP contribution in [-0.4, -0.2) is 46.1 Å². The van der Waals surface area contributed by atoms with Crippen molar-refractivity contribution < 1.29 is 4.74 Å². The Kier molecular flexibility index (Phi) is 4.82. The summed E-state index contributed by atoms with van der Waals surface area (Å²) in [7, 11) is 5.36. The van der Waals surface area contributed by atoms with Gasteiger partial charge in [-0.15, -0.1) is 0 Å². The number of hydrogen-bond donors (Lipinski definition) is 2. The summed E-state index contributed by atoms with van der Waals surface area (Å²) < 4.78 is 5.34. The first kappa shape index (κ1) is 18.4. The maximum absolute atomic E-state index is 5.89. The van der Waals surface area contributed by atoms with Crippen molar-refractivity contribution in [1.29, 1.82) is 0 Å². The number of methoxy groups -OCH3 is 1. The third kappa shape index (κ3) is 3.60. The van der Waals surface area contributed by atoms with Crippen LogP contribution in [0.25, 0.3) is 34.0 Å². The van der Waals surface area contributed by atoms with E-state index < -0.39 is 0 Å². The molecule has 0 saturated carbocycles. The molecule has 0 bridgehead atoms. The predicted molar refractivity (Wildman–Crippen MR) is 114 cm³/mol. The van der Waals surface area contributed by atoms with Crippen LogP contribution in [0.1, 0.15) is 0 Å². The van der Waals surface area contributed by atoms with E-state index in [1.165, 1.54) is 0 Å². The number of imidazole rings is 1. The number of H-pyrrole nitrogens is 1. The van der Waals surface area contributed by atoms with Crippen molar-refractivity contribution >= 4 is 11.8 Å². The highest BCUT2D eigenvalue weighted by molar-refractivity contribution is 5.80. The number of nitrogens with two attached hydrogens (primary N) is 1. The van der Waals surface area contributed by atoms with Gasteiger partial charge in [0.25, 0.3) is 0 Å². The van der Waals surface area contributed by atoms with Gasteiger partial charge in [0.15, 0.2) is 11.6 Å². The Morgan fingerprint density at radius 3 is 2.52 bits per heavy atom. The van der Waals surface area contributed by atoms with Crippen LogP contribution in [-0.2, 0) is 0 Å². The van der Waals surface area contributed by atoms with Gasteiger partial charge in [0.05, 0.1) is 18.5 Å². The fraction of sp³-hybridized carbons (Fsp3) is 0.143. The lowest BCUT2D eigenvalue weighted by Crippen LogP contribution is -2.12. The van der Waals surface area contributed by atoms with E-state index in [0.717, 1.165) is 28.3 Å². The minimum Gasteiger partial charge on any atom is -0.493 e. The Bertz CT molecular complexity index is 1140. The molecule has 0 spiro atoms. The van der Waals surface area contributed by atoms with Gasteiger partial charge in [-0.1, -0.05) is 30.3 Å². The summed E-state index contributed by atoms with van der Waals surface area (Å²) in [6, 6.07) is 13.6. The third-order valence-electron chi connectivity index (χ3n) is 4.43. The standard InChI is InChI=1S/C21H21N7O/c1-28(2)21-23-10-9-15(25-21)18-17(14-11-16(29-3)19(22)24-12-14)26-20(27-18)13-7-5-4-6-8-13/h4-12H,1-3H3,(H2,22,24)(H,26,27). The highest BCUT2D eigenvalue weighted by Crippen LogP contribution is 2.34. The number of nitrogen functional groups attached to an aromatic ring is 1. The molecule has 4 aromatic rings. The lowest BCUT2D eigenvalue weighted by Gasteiger charge is -2.11. The number of hydrogen-bond acceptors (Lipinski definition) is 7. The minimum atomic E-state index is 0.327. The van der Waals surface area contributed by atoms with E-state index in [9.17, 15) is 0 Å². The van der Waals surface area contributed by atoms with Gasteiger partial charge in [0.2, 0.25) is 5.95 Å². The van der Waals surface area contributed by atoms with Crippen molar-refractivity contribution in [2.75, 3.05) is 31.8 Å². The second-order valence-electron chi connectivity index (χ2n) is 6.62. The minimum absolute atomic E-state index is 0.327. The summed E-state index contributed by atoms with van der Waals surface area (Å²) >= 11 is 0. The number of ether oxygens (including phenoxy) is 1. The topological polar surface area (TPSA) is 106 Å². The highest BCUT2D eigenvalue weighted by Gasteiger charge is 2.18. The van der Waals surface area contributed by atoms with Gasteiger partial charge in [-0.25, -0.2) is 19.9 Å². The van der Waals surface area contributed by atoms with Gasteiger partial charge in [0, 0.05) is 37.6 Å². The molecule has 29 heavy (non-hydrogen) atoms. The first-order valence-electron chi connectivity index (χ1n) is 9.03. The first-order chi connectivity index (χ1) is 14.1. The summed E-state index contributed by atoms with van der Waals surface area (Å²) in [5, 5.41) is 0. The molecule has 0 fully saturated rings. The highest BCUT2D eigenvalue weighted by atomic mass is 16.5. The van der Waals surface area contributed by atoms with Crippen molar-refractivity contribution in [1.82, 2.24) is 24.9 Å². The van der Waals surface area contributed by atoms with Crippen LogP contribution in [0, 0.1) is 0 Å². The molecular weight excluding hydrogens is 366 g/mol. The van der Waals surface area contributed by atoms with Crippen molar-refractivity contribution in [3.8, 4) is 39.8 Å². The van der Waals surface area contributed by atoms with Crippen LogP contribution in [0.4, 0.5) is 11.8 Å². The summed E-state index contributed by atoms with van der Waals surface area (Å²) in [6.45, 7) is 0. The third-order valence-corrected chi connectivity index (χ3v) is 4.43. The lowest BCUT2D eigenvalue weighted by molar-refractivity contribution is 0.415. The molecule has 3 aromatic heterocycles. The number of pyridine rings is 1. The monoisotopic (exact) mass is 387 g/mol. The van der Waals surface area contributed by atoms with Crippen LogP contribution < -0.4 is 15.4 Å². The average Bonchev–Trinajstić information content (AvgIpc) is 3.20. The summed E-state index contributed by atoms with van der Waals surface area (Å²) in [4.78, 5) is 23.3. The number of benzene rings is 1. The summed E-state index contributed by atoms with van der Waals surface area (Å²) in [5.74, 6) is 2.16. The molecule has 0 aliphatic heterocycles. The van der Waals surface area contributed by atoms with Crippen LogP contribution in [0.2, 0.25) is 0 Å². The van der Waals surface area contributed by atoms with Gasteiger partial charge in [-0.3, -0.25) is 0 Å². The van der Waals surface area contributed by atoms with Crippen molar-refractivity contribution in [2.24, 2.45) is 0 Å². The zero-order valence-electron chi connectivity index (χ0n) is 16.4. The van der Waals surface area contributed by atoms with Gasteiger partial charge < -0.3 is 20.4 Å². The molecule has 0 amide bonds. The second-order valence-corrected chi connectivity index (χ2v) is 6.62. The van der Waals surface area contributed by atoms with E-state index in [-0.39, 0.29) is 0 Å². The van der Waals surface area contributed by atoms with Crippen molar-refractivity contribution in [3.63, 3.8) is 0 Å². The van der Waals surface area contributed by atoms with Gasteiger partial charge in [0.1, 0.15) is 11.5 Å². The molecule has 3 N–H and O–H groups in total. The van der Waals surface area contributed by atoms with Gasteiger partial charge in [-0.05, 0) is 12.1 Å². The fourth-order valence-electron chi connectivity index (χ4n) is 2.95. The number of aromatic nitrogens is 5. The molecule has 0 saturated heterocycles. The number of nitrogens with zero attached hydrogens (tertiary/aromatic N) is 5. The Balaban J connectivity index is 1.92. The quantitative estimate of drug-likeness (QED) is 0.541. The van der Waals surface area contributed by atoms with E-state index >= 15 is 0 Å². The largest absolute Gasteiger partial charge is 0.493 e. The Morgan fingerprint density at radius 1 is 1.00 bits per heavy atom. The maximum Gasteiger partial charge on any atom is 0.225 e. The van der Waals surface area contributed by atoms with Crippen LogP contribution in [0.5, 0.6) is 5.75 Å². The molecule has 4 rings (SSSR count).